The summed E-state index contributed by atoms with van der Waals surface area (Å²) in [6.45, 7) is -0.275. The van der Waals surface area contributed by atoms with Gasteiger partial charge >= 0.3 is 12.4 Å². The fourth-order valence-electron chi connectivity index (χ4n) is 7.00. The SMILES string of the molecule is CN(C)c1cc(CNC(=O)Nc2ccc(OC(F)(F)F)cc2)c(O)c2c1CC1CC3C(C(=O)C(C(N)=O)=C(O)[C@@H]3N(C)C)C(O)=C1C2=O. The summed E-state index contributed by atoms with van der Waals surface area (Å²) in [5.74, 6) is -7.35. The number of hydrogen-bond donors (Lipinski definition) is 6. The number of nitrogens with one attached hydrogen (secondary N) is 2. The highest BCUT2D eigenvalue weighted by molar-refractivity contribution is 6.22. The number of carbonyl (C=O) groups excluding carboxylic acids is 4. The van der Waals surface area contributed by atoms with Gasteiger partial charge in [-0.2, -0.15) is 0 Å². The number of rotatable bonds is 7. The van der Waals surface area contributed by atoms with Crippen LogP contribution in [0.5, 0.6) is 11.5 Å². The molecule has 0 aromatic heterocycles. The van der Waals surface area contributed by atoms with Crippen LogP contribution in [-0.4, -0.2) is 84.3 Å². The molecule has 3 aliphatic carbocycles. The summed E-state index contributed by atoms with van der Waals surface area (Å²) in [5.41, 5.74) is 5.92. The third kappa shape index (κ3) is 6.10. The Labute approximate surface area is 272 Å². The number of anilines is 2. The van der Waals surface area contributed by atoms with Gasteiger partial charge in [0.25, 0.3) is 5.91 Å². The lowest BCUT2D eigenvalue weighted by Gasteiger charge is -2.46. The number of halogens is 3. The van der Waals surface area contributed by atoms with Crippen LogP contribution in [0.15, 0.2) is 53.0 Å². The minimum absolute atomic E-state index is 0.0828. The number of phenolic OH excluding ortho intramolecular Hbond substituents is 1. The van der Waals surface area contributed by atoms with Crippen molar-refractivity contribution in [2.45, 2.75) is 31.8 Å². The fraction of sp³-hybridized carbons (Fsp3) is 0.375. The van der Waals surface area contributed by atoms with Gasteiger partial charge in [-0.3, -0.25) is 19.3 Å². The first kappa shape index (κ1) is 34.1. The average Bonchev–Trinajstić information content (AvgIpc) is 2.96. The van der Waals surface area contributed by atoms with E-state index in [1.807, 2.05) is 0 Å². The van der Waals surface area contributed by atoms with E-state index in [9.17, 15) is 47.7 Å². The fourth-order valence-corrected chi connectivity index (χ4v) is 7.00. The molecule has 16 heteroatoms. The number of nitrogens with two attached hydrogens (primary N) is 1. The Kier molecular flexibility index (Phi) is 8.81. The molecule has 3 amide bonds. The molecule has 0 aliphatic heterocycles. The molecule has 7 N–H and O–H groups in total. The first-order chi connectivity index (χ1) is 22.4. The maximum atomic E-state index is 14.1. The summed E-state index contributed by atoms with van der Waals surface area (Å²) in [6, 6.07) is 4.44. The molecule has 2 aromatic rings. The normalized spacial score (nSPS) is 22.2. The third-order valence-corrected chi connectivity index (χ3v) is 8.89. The smallest absolute Gasteiger partial charge is 0.511 e. The van der Waals surface area contributed by atoms with E-state index in [1.165, 1.54) is 12.1 Å². The summed E-state index contributed by atoms with van der Waals surface area (Å²) in [4.78, 5) is 55.7. The van der Waals surface area contributed by atoms with Crippen LogP contribution in [-0.2, 0) is 22.6 Å². The number of allylic oxidation sites excluding steroid dienone is 2. The van der Waals surface area contributed by atoms with Crippen LogP contribution in [0.2, 0.25) is 0 Å². The number of ether oxygens (including phenoxy) is 1. The highest BCUT2D eigenvalue weighted by Gasteiger charge is 2.54. The molecule has 5 rings (SSSR count). The molecular formula is C32H34F3N5O8. The molecule has 0 heterocycles. The van der Waals surface area contributed by atoms with E-state index in [-0.39, 0.29) is 41.8 Å². The van der Waals surface area contributed by atoms with Gasteiger partial charge in [0.1, 0.15) is 28.6 Å². The molecule has 256 valence electrons. The summed E-state index contributed by atoms with van der Waals surface area (Å²) in [7, 11) is 6.74. The van der Waals surface area contributed by atoms with E-state index >= 15 is 0 Å². The molecule has 0 bridgehead atoms. The molecular weight excluding hydrogens is 639 g/mol. The van der Waals surface area contributed by atoms with Crippen LogP contribution in [0.3, 0.4) is 0 Å². The van der Waals surface area contributed by atoms with Crippen LogP contribution in [0.1, 0.15) is 27.9 Å². The molecule has 3 aliphatic rings. The van der Waals surface area contributed by atoms with E-state index < -0.39 is 82.3 Å². The van der Waals surface area contributed by atoms with Crippen molar-refractivity contribution < 1.29 is 52.4 Å². The Morgan fingerprint density at radius 1 is 1.04 bits per heavy atom. The lowest BCUT2D eigenvalue weighted by atomic mass is 9.60. The number of aliphatic hydroxyl groups excluding tert-OH is 2. The van der Waals surface area contributed by atoms with E-state index in [4.69, 9.17) is 5.73 Å². The van der Waals surface area contributed by atoms with Gasteiger partial charge in [0, 0.05) is 43.2 Å². The number of Topliss-reactive ketones (excluding diaryl/α,β-unsaturated/α-hetero) is 2. The number of fused-ring (bicyclic) bond motifs is 3. The number of likely N-dealkylation sites (N-methyl/N-ethyl adjacent to an activating group) is 1. The maximum Gasteiger partial charge on any atom is 0.573 e. The van der Waals surface area contributed by atoms with Crippen molar-refractivity contribution >= 4 is 34.9 Å². The molecule has 13 nitrogen and oxygen atoms in total. The monoisotopic (exact) mass is 673 g/mol. The first-order valence-corrected chi connectivity index (χ1v) is 14.8. The van der Waals surface area contributed by atoms with Gasteiger partial charge in [-0.15, -0.1) is 13.2 Å². The Morgan fingerprint density at radius 2 is 1.69 bits per heavy atom. The summed E-state index contributed by atoms with van der Waals surface area (Å²) in [6.07, 6.45) is -4.49. The van der Waals surface area contributed by atoms with Gasteiger partial charge in [-0.05, 0) is 74.7 Å². The van der Waals surface area contributed by atoms with Gasteiger partial charge in [-0.25, -0.2) is 4.79 Å². The molecule has 3 unspecified atom stereocenters. The van der Waals surface area contributed by atoms with Crippen molar-refractivity contribution in [3.05, 3.63) is 69.7 Å². The zero-order valence-electron chi connectivity index (χ0n) is 26.3. The van der Waals surface area contributed by atoms with Crippen molar-refractivity contribution in [1.82, 2.24) is 10.2 Å². The average molecular weight is 674 g/mol. The predicted molar refractivity (Wildman–Crippen MR) is 166 cm³/mol. The first-order valence-electron chi connectivity index (χ1n) is 14.8. The highest BCUT2D eigenvalue weighted by atomic mass is 19.4. The zero-order valence-corrected chi connectivity index (χ0v) is 26.3. The van der Waals surface area contributed by atoms with Crippen LogP contribution in [0, 0.1) is 17.8 Å². The standard InChI is InChI=1S/C32H34F3N5O8/c1-39(2)19-11-14(12-37-31(47)38-15-5-7-16(8-6-15)48-32(33,34)35)25(41)21-17(19)9-13-10-18-22(27(43)20(13)26(21)42)28(44)23(30(36)46)29(45)24(18)40(3)4/h5-8,11,13,18,22,24,41,43,45H,9-10,12H2,1-4H3,(H2,36,46)(H2,37,38,47)/t13?,18?,22?,24-/m1/s1. The maximum absolute atomic E-state index is 14.1. The number of nitrogens with zero attached hydrogens (tertiary/aromatic N) is 2. The zero-order chi connectivity index (χ0) is 35.4. The van der Waals surface area contributed by atoms with E-state index in [0.717, 1.165) is 12.1 Å². The predicted octanol–water partition coefficient (Wildman–Crippen LogP) is 3.29. The van der Waals surface area contributed by atoms with Gasteiger partial charge in [0.15, 0.2) is 11.6 Å². The minimum Gasteiger partial charge on any atom is -0.511 e. The Morgan fingerprint density at radius 3 is 2.25 bits per heavy atom. The number of carbonyl (C=O) groups is 4. The topological polar surface area (TPSA) is 195 Å². The van der Waals surface area contributed by atoms with Crippen LogP contribution >= 0.6 is 0 Å². The highest BCUT2D eigenvalue weighted by Crippen LogP contribution is 2.51. The Hall–Kier alpha value is -5.25. The molecule has 2 aromatic carbocycles. The second-order valence-corrected chi connectivity index (χ2v) is 12.3. The summed E-state index contributed by atoms with van der Waals surface area (Å²) < 4.78 is 41.1. The second kappa shape index (κ2) is 12.4. The van der Waals surface area contributed by atoms with Gasteiger partial charge < -0.3 is 41.3 Å². The molecule has 0 saturated heterocycles. The van der Waals surface area contributed by atoms with Crippen LogP contribution in [0.4, 0.5) is 29.3 Å². The molecule has 0 saturated carbocycles. The van der Waals surface area contributed by atoms with E-state index in [1.54, 1.807) is 44.1 Å². The summed E-state index contributed by atoms with van der Waals surface area (Å²) >= 11 is 0. The number of phenols is 1. The number of aliphatic hydroxyl groups is 2. The number of alkyl halides is 3. The van der Waals surface area contributed by atoms with E-state index in [2.05, 4.69) is 15.4 Å². The van der Waals surface area contributed by atoms with Crippen molar-refractivity contribution in [3.8, 4) is 11.5 Å². The number of amides is 3. The minimum atomic E-state index is -4.87. The number of urea groups is 1. The van der Waals surface area contributed by atoms with Crippen LogP contribution < -0.4 is 26.0 Å². The van der Waals surface area contributed by atoms with Crippen molar-refractivity contribution in [2.75, 3.05) is 38.4 Å². The van der Waals surface area contributed by atoms with Crippen molar-refractivity contribution in [3.63, 3.8) is 0 Å². The molecule has 4 atom stereocenters. The largest absolute Gasteiger partial charge is 0.573 e. The van der Waals surface area contributed by atoms with Gasteiger partial charge in [0.05, 0.1) is 17.5 Å². The molecule has 48 heavy (non-hydrogen) atoms. The summed E-state index contributed by atoms with van der Waals surface area (Å²) in [5, 5.41) is 38.8. The Bertz CT molecular complexity index is 1770. The molecule has 0 spiro atoms. The van der Waals surface area contributed by atoms with Crippen LogP contribution in [0.25, 0.3) is 0 Å². The molecule has 0 radical (unpaired) electrons. The lowest BCUT2D eigenvalue weighted by molar-refractivity contribution is -0.274. The van der Waals surface area contributed by atoms with Crippen molar-refractivity contribution in [2.24, 2.45) is 23.5 Å². The quantitative estimate of drug-likeness (QED) is 0.238. The second-order valence-electron chi connectivity index (χ2n) is 12.3. The number of primary amides is 1. The number of hydrogen-bond acceptors (Lipinski definition) is 10. The number of aromatic hydroxyl groups is 1. The number of benzene rings is 2. The molecule has 0 fully saturated rings. The van der Waals surface area contributed by atoms with Gasteiger partial charge in [0.2, 0.25) is 0 Å². The van der Waals surface area contributed by atoms with Gasteiger partial charge in [-0.1, -0.05) is 0 Å². The Balaban J connectivity index is 1.45. The van der Waals surface area contributed by atoms with E-state index in [0.29, 0.717) is 11.3 Å². The number of ketones is 2. The third-order valence-electron chi connectivity index (χ3n) is 8.89. The lowest BCUT2D eigenvalue weighted by Crippen LogP contribution is -2.53. The van der Waals surface area contributed by atoms with Crippen molar-refractivity contribution in [1.29, 1.82) is 0 Å².